The third-order valence-corrected chi connectivity index (χ3v) is 5.41. The molecule has 1 aliphatic heterocycles. The van der Waals surface area contributed by atoms with Crippen molar-refractivity contribution < 1.29 is 14.3 Å². The second-order valence-corrected chi connectivity index (χ2v) is 7.23. The minimum Gasteiger partial charge on any atom is -0.482 e. The molecule has 0 aromatic heterocycles. The molecule has 1 heterocycles. The van der Waals surface area contributed by atoms with Gasteiger partial charge in [0.05, 0.1) is 11.1 Å². The molecule has 0 spiro atoms. The molecule has 4 rings (SSSR count). The summed E-state index contributed by atoms with van der Waals surface area (Å²) in [7, 11) is 0. The number of hydrogen-bond donors (Lipinski definition) is 2. The van der Waals surface area contributed by atoms with Crippen molar-refractivity contribution in [1.82, 2.24) is 0 Å². The van der Waals surface area contributed by atoms with Crippen molar-refractivity contribution in [2.45, 2.75) is 31.1 Å². The van der Waals surface area contributed by atoms with Crippen molar-refractivity contribution in [3.8, 4) is 5.75 Å². The molecular weight excluding hydrogens is 352 g/mol. The van der Waals surface area contributed by atoms with Crippen LogP contribution in [-0.2, 0) is 15.0 Å². The normalized spacial score (nSPS) is 17.8. The number of hydrogen-bond acceptors (Lipinski definition) is 3. The Morgan fingerprint density at radius 3 is 2.58 bits per heavy atom. The van der Waals surface area contributed by atoms with Crippen LogP contribution in [0.5, 0.6) is 5.75 Å². The van der Waals surface area contributed by atoms with Gasteiger partial charge >= 0.3 is 0 Å². The number of benzene rings is 2. The Morgan fingerprint density at radius 1 is 1.12 bits per heavy atom. The van der Waals surface area contributed by atoms with Crippen molar-refractivity contribution >= 4 is 34.8 Å². The van der Waals surface area contributed by atoms with Gasteiger partial charge in [0, 0.05) is 10.7 Å². The highest BCUT2D eigenvalue weighted by Crippen LogP contribution is 2.42. The van der Waals surface area contributed by atoms with Crippen molar-refractivity contribution in [3.63, 3.8) is 0 Å². The zero-order valence-corrected chi connectivity index (χ0v) is 14.9. The van der Waals surface area contributed by atoms with Gasteiger partial charge in [0.15, 0.2) is 6.61 Å². The van der Waals surface area contributed by atoms with E-state index < -0.39 is 5.41 Å². The van der Waals surface area contributed by atoms with Gasteiger partial charge in [-0.3, -0.25) is 9.59 Å². The van der Waals surface area contributed by atoms with Crippen LogP contribution in [0.1, 0.15) is 31.2 Å². The van der Waals surface area contributed by atoms with Crippen LogP contribution in [0.15, 0.2) is 42.5 Å². The maximum Gasteiger partial charge on any atom is 0.262 e. The minimum absolute atomic E-state index is 0.0123. The zero-order chi connectivity index (χ0) is 18.1. The van der Waals surface area contributed by atoms with E-state index in [0.717, 1.165) is 31.2 Å². The van der Waals surface area contributed by atoms with Crippen molar-refractivity contribution in [2.75, 3.05) is 17.2 Å². The molecule has 0 radical (unpaired) electrons. The van der Waals surface area contributed by atoms with Gasteiger partial charge in [-0.25, -0.2) is 0 Å². The summed E-state index contributed by atoms with van der Waals surface area (Å²) in [6.45, 7) is 0.0123. The smallest absolute Gasteiger partial charge is 0.262 e. The fourth-order valence-electron chi connectivity index (χ4n) is 3.81. The largest absolute Gasteiger partial charge is 0.482 e. The average Bonchev–Trinajstić information content (AvgIpc) is 3.13. The standard InChI is InChI=1S/C20H19ClN2O3/c21-14-5-3-13(4-6-14)20(9-1-2-10-20)19(25)22-15-7-8-17-16(11-15)23-18(24)12-26-17/h3-8,11H,1-2,9-10,12H2,(H,22,25)(H,23,24). The van der Waals surface area contributed by atoms with Crippen LogP contribution in [0.2, 0.25) is 5.02 Å². The first-order chi connectivity index (χ1) is 12.6. The molecule has 0 saturated heterocycles. The number of nitrogens with one attached hydrogen (secondary N) is 2. The highest BCUT2D eigenvalue weighted by Gasteiger charge is 2.42. The van der Waals surface area contributed by atoms with E-state index in [2.05, 4.69) is 10.6 Å². The number of carbonyl (C=O) groups is 2. The lowest BCUT2D eigenvalue weighted by Crippen LogP contribution is -2.38. The van der Waals surface area contributed by atoms with Gasteiger partial charge in [-0.15, -0.1) is 0 Å². The van der Waals surface area contributed by atoms with Crippen LogP contribution in [0.25, 0.3) is 0 Å². The van der Waals surface area contributed by atoms with Gasteiger partial charge < -0.3 is 15.4 Å². The quantitative estimate of drug-likeness (QED) is 0.853. The zero-order valence-electron chi connectivity index (χ0n) is 14.2. The van der Waals surface area contributed by atoms with E-state index in [-0.39, 0.29) is 18.4 Å². The van der Waals surface area contributed by atoms with E-state index >= 15 is 0 Å². The van der Waals surface area contributed by atoms with Crippen LogP contribution in [-0.4, -0.2) is 18.4 Å². The molecule has 2 aromatic rings. The van der Waals surface area contributed by atoms with E-state index in [1.54, 1.807) is 18.2 Å². The fraction of sp³-hybridized carbons (Fsp3) is 0.300. The molecule has 26 heavy (non-hydrogen) atoms. The third kappa shape index (κ3) is 3.03. The lowest BCUT2D eigenvalue weighted by atomic mass is 9.78. The summed E-state index contributed by atoms with van der Waals surface area (Å²) in [5.41, 5.74) is 1.66. The Labute approximate surface area is 156 Å². The summed E-state index contributed by atoms with van der Waals surface area (Å²) in [5.74, 6) is 0.380. The molecule has 1 aliphatic carbocycles. The molecule has 0 unspecified atom stereocenters. The number of fused-ring (bicyclic) bond motifs is 1. The van der Waals surface area contributed by atoms with E-state index in [1.165, 1.54) is 0 Å². The summed E-state index contributed by atoms with van der Waals surface area (Å²) in [6, 6.07) is 12.8. The molecule has 5 nitrogen and oxygen atoms in total. The van der Waals surface area contributed by atoms with Crippen molar-refractivity contribution in [1.29, 1.82) is 0 Å². The van der Waals surface area contributed by atoms with Gasteiger partial charge in [0.1, 0.15) is 5.75 Å². The summed E-state index contributed by atoms with van der Waals surface area (Å²) >= 11 is 6.01. The molecule has 1 fully saturated rings. The van der Waals surface area contributed by atoms with E-state index in [9.17, 15) is 9.59 Å². The van der Waals surface area contributed by atoms with Crippen LogP contribution in [0.3, 0.4) is 0 Å². The van der Waals surface area contributed by atoms with Gasteiger partial charge in [0.2, 0.25) is 5.91 Å². The van der Waals surface area contributed by atoms with Crippen molar-refractivity contribution in [2.24, 2.45) is 0 Å². The molecule has 2 N–H and O–H groups in total. The average molecular weight is 371 g/mol. The number of halogens is 1. The Balaban J connectivity index is 1.61. The molecule has 134 valence electrons. The Hall–Kier alpha value is -2.53. The molecule has 2 amide bonds. The monoisotopic (exact) mass is 370 g/mol. The number of amides is 2. The molecule has 2 aliphatic rings. The summed E-state index contributed by atoms with van der Waals surface area (Å²) in [6.07, 6.45) is 3.66. The van der Waals surface area contributed by atoms with Crippen LogP contribution < -0.4 is 15.4 Å². The number of carbonyl (C=O) groups excluding carboxylic acids is 2. The number of rotatable bonds is 3. The Morgan fingerprint density at radius 2 is 1.85 bits per heavy atom. The number of ether oxygens (including phenoxy) is 1. The Kier molecular flexibility index (Phi) is 4.32. The fourth-order valence-corrected chi connectivity index (χ4v) is 3.93. The van der Waals surface area contributed by atoms with Crippen LogP contribution >= 0.6 is 11.6 Å². The summed E-state index contributed by atoms with van der Waals surface area (Å²) in [5, 5.41) is 6.44. The minimum atomic E-state index is -0.541. The topological polar surface area (TPSA) is 67.4 Å². The first kappa shape index (κ1) is 16.9. The molecule has 6 heteroatoms. The summed E-state index contributed by atoms with van der Waals surface area (Å²) < 4.78 is 5.36. The van der Waals surface area contributed by atoms with Gasteiger partial charge in [-0.2, -0.15) is 0 Å². The van der Waals surface area contributed by atoms with E-state index in [4.69, 9.17) is 16.3 Å². The van der Waals surface area contributed by atoms with Gasteiger partial charge in [-0.05, 0) is 48.7 Å². The lowest BCUT2D eigenvalue weighted by Gasteiger charge is -2.28. The molecule has 2 aromatic carbocycles. The first-order valence-electron chi connectivity index (χ1n) is 8.71. The van der Waals surface area contributed by atoms with E-state index in [1.807, 2.05) is 24.3 Å². The SMILES string of the molecule is O=C1COc2ccc(NC(=O)C3(c4ccc(Cl)cc4)CCCC3)cc2N1. The van der Waals surface area contributed by atoms with Crippen LogP contribution in [0.4, 0.5) is 11.4 Å². The van der Waals surface area contributed by atoms with Crippen LogP contribution in [0, 0.1) is 0 Å². The van der Waals surface area contributed by atoms with Crippen molar-refractivity contribution in [3.05, 3.63) is 53.1 Å². The highest BCUT2D eigenvalue weighted by atomic mass is 35.5. The second-order valence-electron chi connectivity index (χ2n) is 6.80. The molecule has 1 saturated carbocycles. The molecule has 0 bridgehead atoms. The molecular formula is C20H19ClN2O3. The molecule has 0 atom stereocenters. The highest BCUT2D eigenvalue weighted by molar-refractivity contribution is 6.30. The predicted molar refractivity (Wildman–Crippen MR) is 101 cm³/mol. The van der Waals surface area contributed by atoms with Gasteiger partial charge in [-0.1, -0.05) is 36.6 Å². The second kappa shape index (κ2) is 6.65. The third-order valence-electron chi connectivity index (χ3n) is 5.16. The van der Waals surface area contributed by atoms with Gasteiger partial charge in [0.25, 0.3) is 5.91 Å². The summed E-state index contributed by atoms with van der Waals surface area (Å²) in [4.78, 5) is 24.7. The Bertz CT molecular complexity index is 858. The predicted octanol–water partition coefficient (Wildman–Crippen LogP) is 4.12. The maximum absolute atomic E-state index is 13.2. The van der Waals surface area contributed by atoms with E-state index in [0.29, 0.717) is 22.1 Å². The maximum atomic E-state index is 13.2. The number of anilines is 2. The lowest BCUT2D eigenvalue weighted by molar-refractivity contribution is -0.121. The first-order valence-corrected chi connectivity index (χ1v) is 9.09.